The van der Waals surface area contributed by atoms with Gasteiger partial charge in [0.05, 0.1) is 6.61 Å². The molecule has 0 saturated heterocycles. The molecule has 1 atom stereocenters. The summed E-state index contributed by atoms with van der Waals surface area (Å²) in [5.41, 5.74) is 0. The van der Waals surface area contributed by atoms with E-state index in [1.165, 1.54) is 89.9 Å². The molecular weight excluding hydrogens is 454 g/mol. The average Bonchev–Trinajstić information content (AvgIpc) is 2.85. The molecule has 6 nitrogen and oxygen atoms in total. The van der Waals surface area contributed by atoms with Crippen LogP contribution < -0.4 is 5.32 Å². The molecule has 0 bridgehead atoms. The molecule has 0 fully saturated rings. The standard InChI is InChI=1S/C30H57NO5/c1-3-5-7-9-11-13-14-16-18-20-22-26-36-30(35)27(24-25-29(33)34)31-28(32)23-21-19-17-15-12-10-8-6-4-2/h27H,3-26H2,1-2H3,(H,31,32)(H,33,34)/t27-/m0/s1. The van der Waals surface area contributed by atoms with E-state index in [4.69, 9.17) is 9.84 Å². The number of rotatable bonds is 27. The number of unbranched alkanes of at least 4 members (excludes halogenated alkanes) is 18. The number of hydrogen-bond acceptors (Lipinski definition) is 4. The summed E-state index contributed by atoms with van der Waals surface area (Å²) < 4.78 is 5.37. The third kappa shape index (κ3) is 24.1. The van der Waals surface area contributed by atoms with Crippen LogP contribution in [0.3, 0.4) is 0 Å². The Bertz CT molecular complexity index is 537. The maximum Gasteiger partial charge on any atom is 0.328 e. The topological polar surface area (TPSA) is 92.7 Å². The Hall–Kier alpha value is -1.59. The molecule has 212 valence electrons. The van der Waals surface area contributed by atoms with Gasteiger partial charge in [-0.3, -0.25) is 9.59 Å². The van der Waals surface area contributed by atoms with Crippen molar-refractivity contribution in [3.05, 3.63) is 0 Å². The molecule has 0 aromatic rings. The maximum absolute atomic E-state index is 12.5. The van der Waals surface area contributed by atoms with Crippen LogP contribution in [0.2, 0.25) is 0 Å². The normalized spacial score (nSPS) is 11.8. The number of amides is 1. The lowest BCUT2D eigenvalue weighted by Crippen LogP contribution is -2.42. The minimum atomic E-state index is -0.980. The Morgan fingerprint density at radius 2 is 1.03 bits per heavy atom. The molecule has 0 unspecified atom stereocenters. The number of carboxylic acids is 1. The van der Waals surface area contributed by atoms with Crippen molar-refractivity contribution in [2.24, 2.45) is 0 Å². The van der Waals surface area contributed by atoms with Crippen molar-refractivity contribution in [2.75, 3.05) is 6.61 Å². The second kappa shape index (κ2) is 26.5. The molecule has 0 aliphatic carbocycles. The SMILES string of the molecule is CCCCCCCCCCCCCOC(=O)[C@H](CCC(=O)O)NC(=O)CCCCCCCCCCC. The van der Waals surface area contributed by atoms with E-state index >= 15 is 0 Å². The summed E-state index contributed by atoms with van der Waals surface area (Å²) in [6, 6.07) is -0.875. The van der Waals surface area contributed by atoms with E-state index in [1.807, 2.05) is 0 Å². The van der Waals surface area contributed by atoms with Gasteiger partial charge in [-0.2, -0.15) is 0 Å². The van der Waals surface area contributed by atoms with Gasteiger partial charge in [-0.05, 0) is 19.3 Å². The summed E-state index contributed by atoms with van der Waals surface area (Å²) in [5, 5.41) is 11.7. The second-order valence-corrected chi connectivity index (χ2v) is 10.3. The Balaban J connectivity index is 3.96. The van der Waals surface area contributed by atoms with Crippen LogP contribution in [0.5, 0.6) is 0 Å². The number of carbonyl (C=O) groups excluding carboxylic acids is 2. The van der Waals surface area contributed by atoms with Gasteiger partial charge in [0, 0.05) is 12.8 Å². The summed E-state index contributed by atoms with van der Waals surface area (Å²) >= 11 is 0. The fourth-order valence-electron chi connectivity index (χ4n) is 4.42. The zero-order valence-corrected chi connectivity index (χ0v) is 23.6. The maximum atomic E-state index is 12.5. The van der Waals surface area contributed by atoms with E-state index < -0.39 is 18.0 Å². The number of ether oxygens (including phenoxy) is 1. The first-order chi connectivity index (χ1) is 17.5. The fourth-order valence-corrected chi connectivity index (χ4v) is 4.42. The highest BCUT2D eigenvalue weighted by molar-refractivity contribution is 5.84. The highest BCUT2D eigenvalue weighted by Crippen LogP contribution is 2.13. The van der Waals surface area contributed by atoms with Crippen molar-refractivity contribution in [2.45, 2.75) is 168 Å². The molecule has 0 aliphatic rings. The average molecular weight is 512 g/mol. The first-order valence-electron chi connectivity index (χ1n) is 15.2. The summed E-state index contributed by atoms with van der Waals surface area (Å²) in [4.78, 5) is 35.8. The molecule has 36 heavy (non-hydrogen) atoms. The van der Waals surface area contributed by atoms with Gasteiger partial charge < -0.3 is 15.2 Å². The van der Waals surface area contributed by atoms with Crippen LogP contribution in [-0.4, -0.2) is 35.6 Å². The predicted molar refractivity (Wildman–Crippen MR) is 148 cm³/mol. The van der Waals surface area contributed by atoms with Crippen molar-refractivity contribution in [3.8, 4) is 0 Å². The molecule has 6 heteroatoms. The third-order valence-electron chi connectivity index (χ3n) is 6.77. The van der Waals surface area contributed by atoms with Crippen LogP contribution in [0.4, 0.5) is 0 Å². The number of aliphatic carboxylic acids is 1. The van der Waals surface area contributed by atoms with Crippen molar-refractivity contribution < 1.29 is 24.2 Å². The smallest absolute Gasteiger partial charge is 0.328 e. The lowest BCUT2D eigenvalue weighted by Gasteiger charge is -2.17. The third-order valence-corrected chi connectivity index (χ3v) is 6.77. The molecule has 0 heterocycles. The molecule has 0 aliphatic heterocycles. The molecule has 1 amide bonds. The largest absolute Gasteiger partial charge is 0.481 e. The highest BCUT2D eigenvalue weighted by Gasteiger charge is 2.23. The summed E-state index contributed by atoms with van der Waals surface area (Å²) in [6.07, 6.45) is 24.3. The highest BCUT2D eigenvalue weighted by atomic mass is 16.5. The van der Waals surface area contributed by atoms with Gasteiger partial charge in [0.25, 0.3) is 0 Å². The minimum Gasteiger partial charge on any atom is -0.481 e. The van der Waals surface area contributed by atoms with Gasteiger partial charge in [-0.25, -0.2) is 4.79 Å². The lowest BCUT2D eigenvalue weighted by atomic mass is 10.1. The van der Waals surface area contributed by atoms with E-state index in [2.05, 4.69) is 19.2 Å². The van der Waals surface area contributed by atoms with Gasteiger partial charge in [0.2, 0.25) is 5.91 Å². The van der Waals surface area contributed by atoms with Crippen LogP contribution in [0.25, 0.3) is 0 Å². The Kier molecular flexibility index (Phi) is 25.3. The quantitative estimate of drug-likeness (QED) is 0.0858. The number of carbonyl (C=O) groups is 3. The van der Waals surface area contributed by atoms with Gasteiger partial charge in [-0.15, -0.1) is 0 Å². The monoisotopic (exact) mass is 511 g/mol. The summed E-state index contributed by atoms with van der Waals surface area (Å²) in [5.74, 6) is -1.69. The first kappa shape index (κ1) is 34.4. The van der Waals surface area contributed by atoms with E-state index in [-0.39, 0.29) is 18.7 Å². The number of carboxylic acid groups (broad SMARTS) is 1. The first-order valence-corrected chi connectivity index (χ1v) is 15.2. The van der Waals surface area contributed by atoms with Crippen LogP contribution in [-0.2, 0) is 19.1 Å². The van der Waals surface area contributed by atoms with E-state index in [0.717, 1.165) is 38.5 Å². The Morgan fingerprint density at radius 3 is 1.47 bits per heavy atom. The van der Waals surface area contributed by atoms with Crippen molar-refractivity contribution in [3.63, 3.8) is 0 Å². The van der Waals surface area contributed by atoms with Gasteiger partial charge >= 0.3 is 11.9 Å². The van der Waals surface area contributed by atoms with Crippen LogP contribution >= 0.6 is 0 Å². The number of esters is 1. The fraction of sp³-hybridized carbons (Fsp3) is 0.900. The van der Waals surface area contributed by atoms with Crippen LogP contribution in [0, 0.1) is 0 Å². The van der Waals surface area contributed by atoms with Gasteiger partial charge in [0.1, 0.15) is 6.04 Å². The molecule has 0 rings (SSSR count). The molecule has 0 spiro atoms. The van der Waals surface area contributed by atoms with Gasteiger partial charge in [0.15, 0.2) is 0 Å². The molecule has 2 N–H and O–H groups in total. The van der Waals surface area contributed by atoms with E-state index in [1.54, 1.807) is 0 Å². The van der Waals surface area contributed by atoms with Crippen molar-refractivity contribution in [1.82, 2.24) is 5.32 Å². The molecule has 0 aromatic carbocycles. The Morgan fingerprint density at radius 1 is 0.611 bits per heavy atom. The van der Waals surface area contributed by atoms with Crippen LogP contribution in [0.1, 0.15) is 162 Å². The number of nitrogens with one attached hydrogen (secondary N) is 1. The molecule has 0 aromatic heterocycles. The van der Waals surface area contributed by atoms with E-state index in [0.29, 0.717) is 13.0 Å². The summed E-state index contributed by atoms with van der Waals surface area (Å²) in [6.45, 7) is 4.78. The van der Waals surface area contributed by atoms with Crippen LogP contribution in [0.15, 0.2) is 0 Å². The Labute approximate surface area is 221 Å². The molecule has 0 saturated carbocycles. The predicted octanol–water partition coefficient (Wildman–Crippen LogP) is 8.11. The van der Waals surface area contributed by atoms with E-state index in [9.17, 15) is 14.4 Å². The van der Waals surface area contributed by atoms with Gasteiger partial charge in [-0.1, -0.05) is 129 Å². The zero-order valence-electron chi connectivity index (χ0n) is 23.6. The van der Waals surface area contributed by atoms with Crippen molar-refractivity contribution in [1.29, 1.82) is 0 Å². The lowest BCUT2D eigenvalue weighted by molar-refractivity contribution is -0.148. The summed E-state index contributed by atoms with van der Waals surface area (Å²) in [7, 11) is 0. The molecule has 0 radical (unpaired) electrons. The second-order valence-electron chi connectivity index (χ2n) is 10.3. The van der Waals surface area contributed by atoms with Crippen molar-refractivity contribution >= 4 is 17.8 Å². The molecular formula is C30H57NO5. The zero-order chi connectivity index (χ0) is 26.7. The minimum absolute atomic E-state index is 0.0654. The number of hydrogen-bond donors (Lipinski definition) is 2.